The molecule has 6 nitrogen and oxygen atoms in total. The molecule has 1 atom stereocenters. The molecule has 134 valence electrons. The first-order chi connectivity index (χ1) is 12.1. The summed E-state index contributed by atoms with van der Waals surface area (Å²) in [4.78, 5) is 30.8. The van der Waals surface area contributed by atoms with Crippen molar-refractivity contribution >= 4 is 11.9 Å². The fourth-order valence-electron chi connectivity index (χ4n) is 3.38. The van der Waals surface area contributed by atoms with Crippen LogP contribution in [0.5, 0.6) is 0 Å². The Morgan fingerprint density at radius 3 is 2.72 bits per heavy atom. The zero-order valence-corrected chi connectivity index (χ0v) is 14.6. The summed E-state index contributed by atoms with van der Waals surface area (Å²) >= 11 is 0. The molecular weight excluding hydrogens is 322 g/mol. The van der Waals surface area contributed by atoms with E-state index < -0.39 is 17.6 Å². The van der Waals surface area contributed by atoms with Crippen LogP contribution in [-0.2, 0) is 20.1 Å². The minimum Gasteiger partial charge on any atom is -0.462 e. The van der Waals surface area contributed by atoms with E-state index in [2.05, 4.69) is 6.92 Å². The largest absolute Gasteiger partial charge is 0.462 e. The predicted molar refractivity (Wildman–Crippen MR) is 90.0 cm³/mol. The number of unbranched alkanes of at least 4 members (excludes halogenated alkanes) is 3. The molecule has 0 fully saturated rings. The summed E-state index contributed by atoms with van der Waals surface area (Å²) in [6.07, 6.45) is 4.45. The number of aliphatic hydroxyl groups is 1. The predicted octanol–water partition coefficient (Wildman–Crippen LogP) is 3.02. The van der Waals surface area contributed by atoms with Crippen molar-refractivity contribution in [1.29, 1.82) is 0 Å². The quantitative estimate of drug-likeness (QED) is 0.607. The van der Waals surface area contributed by atoms with Gasteiger partial charge in [-0.05, 0) is 19.4 Å². The second kappa shape index (κ2) is 6.88. The Morgan fingerprint density at radius 1 is 1.24 bits per heavy atom. The average molecular weight is 345 g/mol. The van der Waals surface area contributed by atoms with Crippen molar-refractivity contribution in [2.24, 2.45) is 0 Å². The lowest BCUT2D eigenvalue weighted by atomic mass is 9.92. The fraction of sp³-hybridized carbons (Fsp3) is 0.474. The molecular formula is C19H23NO5. The lowest BCUT2D eigenvalue weighted by molar-refractivity contribution is -0.194. The second-order valence-corrected chi connectivity index (χ2v) is 6.24. The topological polar surface area (TPSA) is 76.1 Å². The number of rotatable bonds is 7. The molecule has 2 aliphatic heterocycles. The molecule has 1 amide bonds. The zero-order chi connectivity index (χ0) is 18.0. The van der Waals surface area contributed by atoms with Crippen molar-refractivity contribution in [3.8, 4) is 0 Å². The summed E-state index contributed by atoms with van der Waals surface area (Å²) in [5, 5.41) is 12.2. The highest BCUT2D eigenvalue weighted by Gasteiger charge is 2.61. The van der Waals surface area contributed by atoms with Gasteiger partial charge >= 0.3 is 5.97 Å². The fourth-order valence-corrected chi connectivity index (χ4v) is 3.38. The van der Waals surface area contributed by atoms with Gasteiger partial charge in [-0.25, -0.2) is 4.79 Å². The number of carbonyl (C=O) groups excluding carboxylic acids is 2. The first-order valence-electron chi connectivity index (χ1n) is 8.80. The molecule has 25 heavy (non-hydrogen) atoms. The summed E-state index contributed by atoms with van der Waals surface area (Å²) in [5.74, 6) is -0.786. The lowest BCUT2D eigenvalue weighted by Gasteiger charge is -2.25. The molecule has 2 heterocycles. The minimum absolute atomic E-state index is 0.0177. The van der Waals surface area contributed by atoms with Crippen molar-refractivity contribution in [3.05, 3.63) is 46.7 Å². The zero-order valence-electron chi connectivity index (χ0n) is 14.6. The molecule has 1 unspecified atom stereocenters. The Balaban J connectivity index is 2.00. The third kappa shape index (κ3) is 2.70. The first kappa shape index (κ1) is 17.5. The molecule has 1 aromatic rings. The Bertz CT molecular complexity index is 726. The summed E-state index contributed by atoms with van der Waals surface area (Å²) in [7, 11) is 0. The van der Waals surface area contributed by atoms with E-state index in [1.54, 1.807) is 31.2 Å². The van der Waals surface area contributed by atoms with Crippen molar-refractivity contribution in [3.63, 3.8) is 0 Å². The van der Waals surface area contributed by atoms with Gasteiger partial charge in [0.25, 0.3) is 5.91 Å². The van der Waals surface area contributed by atoms with Gasteiger partial charge in [0.05, 0.1) is 12.2 Å². The van der Waals surface area contributed by atoms with Gasteiger partial charge in [0, 0.05) is 12.0 Å². The van der Waals surface area contributed by atoms with Crippen LogP contribution in [-0.4, -0.2) is 28.7 Å². The highest BCUT2D eigenvalue weighted by Crippen LogP contribution is 2.49. The molecule has 1 aromatic carbocycles. The van der Waals surface area contributed by atoms with Gasteiger partial charge in [-0.2, -0.15) is 0 Å². The number of benzene rings is 1. The van der Waals surface area contributed by atoms with Crippen LogP contribution in [0.2, 0.25) is 0 Å². The number of fused-ring (bicyclic) bond motifs is 3. The molecule has 0 aromatic heterocycles. The highest BCUT2D eigenvalue weighted by molar-refractivity contribution is 6.03. The number of hydroxylamine groups is 2. The summed E-state index contributed by atoms with van der Waals surface area (Å²) in [5.41, 5.74) is -1.22. The average Bonchev–Trinajstić information content (AvgIpc) is 3.01. The molecule has 0 bridgehead atoms. The van der Waals surface area contributed by atoms with E-state index in [1.807, 2.05) is 0 Å². The van der Waals surface area contributed by atoms with E-state index in [0.717, 1.165) is 30.7 Å². The molecule has 6 heteroatoms. The number of carbonyl (C=O) groups is 2. The van der Waals surface area contributed by atoms with E-state index >= 15 is 0 Å². The Morgan fingerprint density at radius 2 is 2.00 bits per heavy atom. The lowest BCUT2D eigenvalue weighted by Crippen LogP contribution is -2.42. The van der Waals surface area contributed by atoms with Gasteiger partial charge < -0.3 is 14.7 Å². The van der Waals surface area contributed by atoms with Crippen LogP contribution in [0.1, 0.15) is 61.9 Å². The van der Waals surface area contributed by atoms with Gasteiger partial charge in [0.1, 0.15) is 11.3 Å². The van der Waals surface area contributed by atoms with Crippen molar-refractivity contribution in [2.45, 2.75) is 51.7 Å². The SMILES string of the molecule is CCCCCCC1=C(C(=O)OCC)C2(O)c3ccccc3C(=O)N2O1. The van der Waals surface area contributed by atoms with Gasteiger partial charge in [-0.3, -0.25) is 4.79 Å². The smallest absolute Gasteiger partial charge is 0.343 e. The van der Waals surface area contributed by atoms with Gasteiger partial charge in [0.15, 0.2) is 0 Å². The molecule has 1 N–H and O–H groups in total. The molecule has 0 spiro atoms. The Labute approximate surface area is 147 Å². The Kier molecular flexibility index (Phi) is 4.81. The molecule has 0 saturated carbocycles. The summed E-state index contributed by atoms with van der Waals surface area (Å²) < 4.78 is 5.13. The van der Waals surface area contributed by atoms with Crippen LogP contribution in [0.25, 0.3) is 0 Å². The van der Waals surface area contributed by atoms with E-state index in [-0.39, 0.29) is 12.2 Å². The highest BCUT2D eigenvalue weighted by atomic mass is 16.7. The number of allylic oxidation sites excluding steroid dienone is 1. The molecule has 0 radical (unpaired) electrons. The van der Waals surface area contributed by atoms with Crippen molar-refractivity contribution < 1.29 is 24.3 Å². The molecule has 0 aliphatic carbocycles. The van der Waals surface area contributed by atoms with E-state index in [1.165, 1.54) is 0 Å². The van der Waals surface area contributed by atoms with E-state index in [9.17, 15) is 14.7 Å². The standard InChI is InChI=1S/C19H23NO5/c1-3-5-6-7-12-15-16(18(22)24-4-2)19(23)14-11-9-8-10-13(14)17(21)20(19)25-15/h8-11,23H,3-7,12H2,1-2H3. The van der Waals surface area contributed by atoms with Crippen LogP contribution in [0.3, 0.4) is 0 Å². The monoisotopic (exact) mass is 345 g/mol. The maximum atomic E-state index is 12.6. The second-order valence-electron chi connectivity index (χ2n) is 6.24. The number of amides is 1. The third-order valence-corrected chi connectivity index (χ3v) is 4.58. The van der Waals surface area contributed by atoms with Crippen molar-refractivity contribution in [2.75, 3.05) is 6.61 Å². The van der Waals surface area contributed by atoms with Crippen LogP contribution < -0.4 is 0 Å². The van der Waals surface area contributed by atoms with E-state index in [0.29, 0.717) is 23.3 Å². The first-order valence-corrected chi connectivity index (χ1v) is 8.80. The number of esters is 1. The number of ether oxygens (including phenoxy) is 1. The van der Waals surface area contributed by atoms with Crippen LogP contribution in [0, 0.1) is 0 Å². The van der Waals surface area contributed by atoms with Crippen LogP contribution >= 0.6 is 0 Å². The number of hydrogen-bond acceptors (Lipinski definition) is 5. The van der Waals surface area contributed by atoms with Gasteiger partial charge in [-0.1, -0.05) is 44.4 Å². The third-order valence-electron chi connectivity index (χ3n) is 4.58. The van der Waals surface area contributed by atoms with Gasteiger partial charge in [-0.15, -0.1) is 5.06 Å². The van der Waals surface area contributed by atoms with Crippen LogP contribution in [0.15, 0.2) is 35.6 Å². The number of hydrogen-bond donors (Lipinski definition) is 1. The maximum Gasteiger partial charge on any atom is 0.343 e. The van der Waals surface area contributed by atoms with E-state index in [4.69, 9.17) is 9.57 Å². The van der Waals surface area contributed by atoms with Gasteiger partial charge in [0.2, 0.25) is 5.72 Å². The minimum atomic E-state index is -1.92. The summed E-state index contributed by atoms with van der Waals surface area (Å²) in [6, 6.07) is 6.67. The maximum absolute atomic E-state index is 12.6. The summed E-state index contributed by atoms with van der Waals surface area (Å²) in [6.45, 7) is 3.99. The van der Waals surface area contributed by atoms with Crippen molar-refractivity contribution in [1.82, 2.24) is 5.06 Å². The molecule has 3 rings (SSSR count). The molecule has 0 saturated heterocycles. The van der Waals surface area contributed by atoms with Crippen LogP contribution in [0.4, 0.5) is 0 Å². The normalized spacial score (nSPS) is 21.2. The Hall–Kier alpha value is -2.34. The number of nitrogens with zero attached hydrogens (tertiary/aromatic N) is 1. The molecule has 2 aliphatic rings.